The number of hydrogen-bond acceptors (Lipinski definition) is 3. The van der Waals surface area contributed by atoms with Gasteiger partial charge in [-0.2, -0.15) is 0 Å². The predicted molar refractivity (Wildman–Crippen MR) is 78.7 cm³/mol. The molecule has 0 atom stereocenters. The molecular formula is C17H22O3. The largest absolute Gasteiger partial charge is 0.491 e. The van der Waals surface area contributed by atoms with Crippen molar-refractivity contribution >= 4 is 0 Å². The third-order valence-electron chi connectivity index (χ3n) is 3.40. The highest BCUT2D eigenvalue weighted by molar-refractivity contribution is 5.39. The second-order valence-corrected chi connectivity index (χ2v) is 4.97. The van der Waals surface area contributed by atoms with Gasteiger partial charge in [-0.1, -0.05) is 37.2 Å². The zero-order valence-corrected chi connectivity index (χ0v) is 11.8. The summed E-state index contributed by atoms with van der Waals surface area (Å²) < 4.78 is 11.5. The predicted octanol–water partition coefficient (Wildman–Crippen LogP) is 2.76. The number of aliphatic hydroxyl groups excluding tert-OH is 1. The van der Waals surface area contributed by atoms with Gasteiger partial charge in [-0.25, -0.2) is 0 Å². The average molecular weight is 274 g/mol. The van der Waals surface area contributed by atoms with E-state index in [1.807, 2.05) is 24.3 Å². The molecule has 3 heteroatoms. The fourth-order valence-electron chi connectivity index (χ4n) is 2.41. The van der Waals surface area contributed by atoms with Crippen LogP contribution in [0, 0.1) is 11.8 Å². The zero-order valence-electron chi connectivity index (χ0n) is 11.8. The second-order valence-electron chi connectivity index (χ2n) is 4.97. The summed E-state index contributed by atoms with van der Waals surface area (Å²) in [6.07, 6.45) is 6.72. The molecule has 2 rings (SSSR count). The van der Waals surface area contributed by atoms with Gasteiger partial charge in [-0.3, -0.25) is 0 Å². The lowest BCUT2D eigenvalue weighted by molar-refractivity contribution is 0.0129. The molecule has 1 aliphatic carbocycles. The number of aliphatic hydroxyl groups is 1. The van der Waals surface area contributed by atoms with Crippen molar-refractivity contribution in [1.82, 2.24) is 0 Å². The molecule has 0 radical (unpaired) electrons. The topological polar surface area (TPSA) is 38.7 Å². The third kappa shape index (κ3) is 5.24. The molecule has 1 aromatic rings. The van der Waals surface area contributed by atoms with Crippen LogP contribution in [-0.4, -0.2) is 31.0 Å². The summed E-state index contributed by atoms with van der Waals surface area (Å²) in [7, 11) is 0. The second kappa shape index (κ2) is 8.63. The van der Waals surface area contributed by atoms with Gasteiger partial charge in [0.05, 0.1) is 12.7 Å². The molecule has 1 N–H and O–H groups in total. The minimum Gasteiger partial charge on any atom is -0.491 e. The summed E-state index contributed by atoms with van der Waals surface area (Å²) in [5.74, 6) is 6.29. The van der Waals surface area contributed by atoms with Gasteiger partial charge in [-0.15, -0.1) is 0 Å². The molecule has 108 valence electrons. The molecule has 0 unspecified atom stereocenters. The van der Waals surface area contributed by atoms with E-state index in [1.165, 1.54) is 32.1 Å². The molecule has 0 aliphatic heterocycles. The van der Waals surface area contributed by atoms with E-state index in [2.05, 4.69) is 11.8 Å². The van der Waals surface area contributed by atoms with E-state index < -0.39 is 0 Å². The summed E-state index contributed by atoms with van der Waals surface area (Å²) in [6.45, 7) is 1.07. The Balaban J connectivity index is 1.70. The maximum atomic E-state index is 8.67. The first-order chi connectivity index (χ1) is 9.88. The van der Waals surface area contributed by atoms with Crippen LogP contribution in [0.15, 0.2) is 24.3 Å². The van der Waals surface area contributed by atoms with Gasteiger partial charge in [0.1, 0.15) is 19.0 Å². The Hall–Kier alpha value is -1.50. The first kappa shape index (κ1) is 14.9. The quantitative estimate of drug-likeness (QED) is 0.663. The van der Waals surface area contributed by atoms with Gasteiger partial charge in [0, 0.05) is 5.56 Å². The molecule has 1 aromatic carbocycles. The minimum atomic E-state index is -0.125. The van der Waals surface area contributed by atoms with Crippen molar-refractivity contribution in [2.75, 3.05) is 19.8 Å². The van der Waals surface area contributed by atoms with E-state index in [9.17, 15) is 0 Å². The maximum absolute atomic E-state index is 8.67. The fraction of sp³-hybridized carbons (Fsp3) is 0.529. The molecule has 3 nitrogen and oxygen atoms in total. The Kier molecular flexibility index (Phi) is 6.43. The molecule has 1 fully saturated rings. The van der Waals surface area contributed by atoms with Crippen LogP contribution in [0.1, 0.15) is 37.7 Å². The Bertz CT molecular complexity index is 453. The van der Waals surface area contributed by atoms with Crippen molar-refractivity contribution in [3.8, 4) is 17.6 Å². The van der Waals surface area contributed by atoms with E-state index in [-0.39, 0.29) is 6.61 Å². The summed E-state index contributed by atoms with van der Waals surface area (Å²) in [6, 6.07) is 7.58. The van der Waals surface area contributed by atoms with E-state index >= 15 is 0 Å². The van der Waals surface area contributed by atoms with Crippen LogP contribution in [0.25, 0.3) is 0 Å². The van der Waals surface area contributed by atoms with Gasteiger partial charge >= 0.3 is 0 Å². The third-order valence-corrected chi connectivity index (χ3v) is 3.40. The highest BCUT2D eigenvalue weighted by atomic mass is 16.5. The molecule has 1 aliphatic rings. The summed E-state index contributed by atoms with van der Waals surface area (Å²) >= 11 is 0. The van der Waals surface area contributed by atoms with Crippen molar-refractivity contribution in [2.45, 2.75) is 38.2 Å². The summed E-state index contributed by atoms with van der Waals surface area (Å²) in [5, 5.41) is 8.67. The van der Waals surface area contributed by atoms with Gasteiger partial charge in [0.2, 0.25) is 0 Å². The van der Waals surface area contributed by atoms with Crippen LogP contribution in [0.4, 0.5) is 0 Å². The molecule has 0 spiro atoms. The lowest BCUT2D eigenvalue weighted by Gasteiger charge is -2.21. The molecule has 0 aromatic heterocycles. The van der Waals surface area contributed by atoms with Crippen LogP contribution < -0.4 is 4.74 Å². The van der Waals surface area contributed by atoms with Crippen LogP contribution in [-0.2, 0) is 4.74 Å². The normalized spacial score (nSPS) is 15.4. The van der Waals surface area contributed by atoms with Gasteiger partial charge < -0.3 is 14.6 Å². The molecular weight excluding hydrogens is 252 g/mol. The van der Waals surface area contributed by atoms with Crippen LogP contribution in [0.5, 0.6) is 5.75 Å². The molecule has 1 saturated carbocycles. The lowest BCUT2D eigenvalue weighted by atomic mass is 9.98. The highest BCUT2D eigenvalue weighted by Gasteiger charge is 2.13. The van der Waals surface area contributed by atoms with Gasteiger partial charge in [-0.05, 0) is 31.0 Å². The number of hydrogen-bond donors (Lipinski definition) is 1. The van der Waals surface area contributed by atoms with Crippen LogP contribution in [0.3, 0.4) is 0 Å². The first-order valence-corrected chi connectivity index (χ1v) is 7.32. The highest BCUT2D eigenvalue weighted by Crippen LogP contribution is 2.20. The van der Waals surface area contributed by atoms with Crippen molar-refractivity contribution in [3.63, 3.8) is 0 Å². The van der Waals surface area contributed by atoms with Crippen molar-refractivity contribution < 1.29 is 14.6 Å². The van der Waals surface area contributed by atoms with Crippen LogP contribution in [0.2, 0.25) is 0 Å². The lowest BCUT2D eigenvalue weighted by Crippen LogP contribution is -2.19. The SMILES string of the molecule is OCC#Cc1cccc(OCCOC2CCCCC2)c1. The van der Waals surface area contributed by atoms with E-state index in [1.54, 1.807) is 0 Å². The first-order valence-electron chi connectivity index (χ1n) is 7.32. The zero-order chi connectivity index (χ0) is 14.0. The van der Waals surface area contributed by atoms with Crippen molar-refractivity contribution in [2.24, 2.45) is 0 Å². The average Bonchev–Trinajstić information content (AvgIpc) is 2.51. The molecule has 0 bridgehead atoms. The molecule has 0 saturated heterocycles. The summed E-state index contributed by atoms with van der Waals surface area (Å²) in [4.78, 5) is 0. The standard InChI is InChI=1S/C17H22O3/c18-11-5-7-15-6-4-10-17(14-15)20-13-12-19-16-8-2-1-3-9-16/h4,6,10,14,16,18H,1-3,8-9,11-13H2. The Morgan fingerprint density at radius 2 is 2.00 bits per heavy atom. The van der Waals surface area contributed by atoms with E-state index in [0.29, 0.717) is 19.3 Å². The number of benzene rings is 1. The Morgan fingerprint density at radius 1 is 1.15 bits per heavy atom. The summed E-state index contributed by atoms with van der Waals surface area (Å²) in [5.41, 5.74) is 0.852. The van der Waals surface area contributed by atoms with Gasteiger partial charge in [0.15, 0.2) is 0 Å². The smallest absolute Gasteiger partial charge is 0.120 e. The van der Waals surface area contributed by atoms with Crippen molar-refractivity contribution in [1.29, 1.82) is 0 Å². The molecule has 0 heterocycles. The molecule has 0 amide bonds. The van der Waals surface area contributed by atoms with E-state index in [0.717, 1.165) is 11.3 Å². The van der Waals surface area contributed by atoms with Crippen molar-refractivity contribution in [3.05, 3.63) is 29.8 Å². The molecule has 20 heavy (non-hydrogen) atoms. The van der Waals surface area contributed by atoms with Crippen LogP contribution >= 0.6 is 0 Å². The number of ether oxygens (including phenoxy) is 2. The monoisotopic (exact) mass is 274 g/mol. The van der Waals surface area contributed by atoms with E-state index in [4.69, 9.17) is 14.6 Å². The van der Waals surface area contributed by atoms with Gasteiger partial charge in [0.25, 0.3) is 0 Å². The Morgan fingerprint density at radius 3 is 2.80 bits per heavy atom. The minimum absolute atomic E-state index is 0.125. The maximum Gasteiger partial charge on any atom is 0.120 e. The number of rotatable bonds is 5. The Labute approximate surface area is 120 Å². The fourth-order valence-corrected chi connectivity index (χ4v) is 2.41.